The van der Waals surface area contributed by atoms with E-state index in [1.165, 1.54) is 12.8 Å². The van der Waals surface area contributed by atoms with Gasteiger partial charge in [0.15, 0.2) is 0 Å². The summed E-state index contributed by atoms with van der Waals surface area (Å²) < 4.78 is 6.68. The lowest BCUT2D eigenvalue weighted by Gasteiger charge is -2.11. The molecule has 0 saturated heterocycles. The van der Waals surface area contributed by atoms with Gasteiger partial charge in [0.05, 0.1) is 0 Å². The van der Waals surface area contributed by atoms with Crippen LogP contribution in [0.15, 0.2) is 28.7 Å². The van der Waals surface area contributed by atoms with Gasteiger partial charge in [0.1, 0.15) is 12.4 Å². The quantitative estimate of drug-likeness (QED) is 0.830. The first kappa shape index (κ1) is 11.0. The molecule has 3 heteroatoms. The zero-order valence-electron chi connectivity index (χ0n) is 8.92. The second-order valence-electron chi connectivity index (χ2n) is 4.29. The Kier molecular flexibility index (Phi) is 3.32. The largest absolute Gasteiger partial charge is 0.492 e. The van der Waals surface area contributed by atoms with Crippen LogP contribution in [0, 0.1) is 0 Å². The highest BCUT2D eigenvalue weighted by atomic mass is 79.9. The van der Waals surface area contributed by atoms with Crippen molar-refractivity contribution in [2.45, 2.75) is 25.3 Å². The molecule has 1 fully saturated rings. The summed E-state index contributed by atoms with van der Waals surface area (Å²) in [6, 6.07) is 7.93. The number of halogens is 1. The van der Waals surface area contributed by atoms with Crippen molar-refractivity contribution in [1.29, 1.82) is 0 Å². The molecule has 82 valence electrons. The summed E-state index contributed by atoms with van der Waals surface area (Å²) >= 11 is 3.39. The van der Waals surface area contributed by atoms with E-state index in [0.717, 1.165) is 23.4 Å². The highest BCUT2D eigenvalue weighted by Gasteiger charge is 2.36. The molecule has 1 saturated carbocycles. The minimum absolute atomic E-state index is 0.406. The van der Waals surface area contributed by atoms with E-state index in [1.807, 2.05) is 24.3 Å². The molecule has 1 aliphatic carbocycles. The summed E-state index contributed by atoms with van der Waals surface area (Å²) in [7, 11) is 0. The molecular weight excluding hydrogens is 254 g/mol. The molecule has 1 aromatic rings. The summed E-state index contributed by atoms with van der Waals surface area (Å²) in [5.41, 5.74) is 0.406. The zero-order chi connectivity index (χ0) is 10.7. The Morgan fingerprint density at radius 2 is 2.00 bits per heavy atom. The molecule has 0 unspecified atom stereocenters. The summed E-state index contributed by atoms with van der Waals surface area (Å²) in [4.78, 5) is 0. The number of benzene rings is 1. The van der Waals surface area contributed by atoms with Crippen molar-refractivity contribution >= 4 is 15.9 Å². The van der Waals surface area contributed by atoms with E-state index in [9.17, 15) is 0 Å². The number of ether oxygens (including phenoxy) is 1. The molecule has 0 atom stereocenters. The zero-order valence-corrected chi connectivity index (χ0v) is 10.5. The van der Waals surface area contributed by atoms with Gasteiger partial charge in [-0.25, -0.2) is 0 Å². The molecule has 0 bridgehead atoms. The standard InChI is InChI=1S/C12H16BrNO/c1-12(6-7-12)14-8-9-15-11-4-2-10(13)3-5-11/h2-5,14H,6-9H2,1H3. The van der Waals surface area contributed by atoms with Crippen molar-refractivity contribution in [2.24, 2.45) is 0 Å². The molecule has 15 heavy (non-hydrogen) atoms. The van der Waals surface area contributed by atoms with Crippen LogP contribution in [0.2, 0.25) is 0 Å². The van der Waals surface area contributed by atoms with Gasteiger partial charge in [-0.05, 0) is 44.0 Å². The maximum Gasteiger partial charge on any atom is 0.119 e. The molecule has 0 aromatic heterocycles. The Bertz CT molecular complexity index is 319. The Morgan fingerprint density at radius 1 is 1.33 bits per heavy atom. The molecule has 2 nitrogen and oxygen atoms in total. The third-order valence-electron chi connectivity index (χ3n) is 2.74. The fourth-order valence-electron chi connectivity index (χ4n) is 1.42. The van der Waals surface area contributed by atoms with Crippen molar-refractivity contribution in [3.63, 3.8) is 0 Å². The highest BCUT2D eigenvalue weighted by molar-refractivity contribution is 9.10. The van der Waals surface area contributed by atoms with Crippen LogP contribution in [0.4, 0.5) is 0 Å². The van der Waals surface area contributed by atoms with E-state index < -0.39 is 0 Å². The second-order valence-corrected chi connectivity index (χ2v) is 5.21. The molecule has 0 radical (unpaired) electrons. The Morgan fingerprint density at radius 3 is 2.60 bits per heavy atom. The average Bonchev–Trinajstić information content (AvgIpc) is 2.95. The normalized spacial score (nSPS) is 17.5. The van der Waals surface area contributed by atoms with Crippen molar-refractivity contribution in [1.82, 2.24) is 5.32 Å². The summed E-state index contributed by atoms with van der Waals surface area (Å²) in [6.45, 7) is 3.91. The molecule has 0 amide bonds. The minimum Gasteiger partial charge on any atom is -0.492 e. The summed E-state index contributed by atoms with van der Waals surface area (Å²) in [5, 5.41) is 3.48. The first-order valence-electron chi connectivity index (χ1n) is 5.31. The molecular formula is C12H16BrNO. The molecule has 0 heterocycles. The smallest absolute Gasteiger partial charge is 0.119 e. The highest BCUT2D eigenvalue weighted by Crippen LogP contribution is 2.33. The molecule has 0 spiro atoms. The van der Waals surface area contributed by atoms with E-state index in [4.69, 9.17) is 4.74 Å². The summed E-state index contributed by atoms with van der Waals surface area (Å²) in [5.74, 6) is 0.931. The fraction of sp³-hybridized carbons (Fsp3) is 0.500. The van der Waals surface area contributed by atoms with Gasteiger partial charge < -0.3 is 10.1 Å². The van der Waals surface area contributed by atoms with Crippen LogP contribution in [0.3, 0.4) is 0 Å². The van der Waals surface area contributed by atoms with Crippen molar-refractivity contribution in [2.75, 3.05) is 13.2 Å². The second kappa shape index (κ2) is 4.54. The average molecular weight is 270 g/mol. The fourth-order valence-corrected chi connectivity index (χ4v) is 1.68. The Labute approximate surface area is 99.1 Å². The lowest BCUT2D eigenvalue weighted by atomic mass is 10.3. The molecule has 0 aliphatic heterocycles. The number of hydrogen-bond acceptors (Lipinski definition) is 2. The van der Waals surface area contributed by atoms with Crippen molar-refractivity contribution in [3.05, 3.63) is 28.7 Å². The number of hydrogen-bond donors (Lipinski definition) is 1. The number of nitrogens with one attached hydrogen (secondary N) is 1. The predicted octanol–water partition coefficient (Wildman–Crippen LogP) is 2.97. The van der Waals surface area contributed by atoms with Gasteiger partial charge in [-0.1, -0.05) is 15.9 Å². The van der Waals surface area contributed by atoms with Gasteiger partial charge in [0.2, 0.25) is 0 Å². The van der Waals surface area contributed by atoms with Crippen molar-refractivity contribution in [3.8, 4) is 5.75 Å². The lowest BCUT2D eigenvalue weighted by Crippen LogP contribution is -2.31. The Hall–Kier alpha value is -0.540. The van der Waals surface area contributed by atoms with Crippen LogP contribution in [-0.2, 0) is 0 Å². The van der Waals surface area contributed by atoms with Crippen LogP contribution in [0.1, 0.15) is 19.8 Å². The predicted molar refractivity (Wildman–Crippen MR) is 65.3 cm³/mol. The van der Waals surface area contributed by atoms with E-state index in [0.29, 0.717) is 5.54 Å². The van der Waals surface area contributed by atoms with Crippen LogP contribution in [-0.4, -0.2) is 18.7 Å². The van der Waals surface area contributed by atoms with Gasteiger partial charge in [0, 0.05) is 16.6 Å². The van der Waals surface area contributed by atoms with Crippen LogP contribution >= 0.6 is 15.9 Å². The third-order valence-corrected chi connectivity index (χ3v) is 3.26. The maximum absolute atomic E-state index is 5.60. The Balaban J connectivity index is 1.67. The van der Waals surface area contributed by atoms with E-state index in [2.05, 4.69) is 28.2 Å². The van der Waals surface area contributed by atoms with E-state index in [1.54, 1.807) is 0 Å². The van der Waals surface area contributed by atoms with Crippen molar-refractivity contribution < 1.29 is 4.74 Å². The molecule has 1 N–H and O–H groups in total. The first-order valence-corrected chi connectivity index (χ1v) is 6.11. The SMILES string of the molecule is CC1(NCCOc2ccc(Br)cc2)CC1. The lowest BCUT2D eigenvalue weighted by molar-refractivity contribution is 0.304. The minimum atomic E-state index is 0.406. The maximum atomic E-state index is 5.60. The monoisotopic (exact) mass is 269 g/mol. The number of rotatable bonds is 5. The van der Waals surface area contributed by atoms with Gasteiger partial charge in [-0.3, -0.25) is 0 Å². The van der Waals surface area contributed by atoms with Gasteiger partial charge in [-0.15, -0.1) is 0 Å². The van der Waals surface area contributed by atoms with Gasteiger partial charge >= 0.3 is 0 Å². The van der Waals surface area contributed by atoms with E-state index in [-0.39, 0.29) is 0 Å². The molecule has 2 rings (SSSR count). The van der Waals surface area contributed by atoms with Gasteiger partial charge in [-0.2, -0.15) is 0 Å². The topological polar surface area (TPSA) is 21.3 Å². The molecule has 1 aromatic carbocycles. The first-order chi connectivity index (χ1) is 7.18. The third kappa shape index (κ3) is 3.50. The van der Waals surface area contributed by atoms with Crippen LogP contribution < -0.4 is 10.1 Å². The summed E-state index contributed by atoms with van der Waals surface area (Å²) in [6.07, 6.45) is 2.59. The molecule has 1 aliphatic rings. The van der Waals surface area contributed by atoms with Crippen LogP contribution in [0.25, 0.3) is 0 Å². The van der Waals surface area contributed by atoms with Gasteiger partial charge in [0.25, 0.3) is 0 Å². The van der Waals surface area contributed by atoms with Crippen LogP contribution in [0.5, 0.6) is 5.75 Å². The van der Waals surface area contributed by atoms with E-state index >= 15 is 0 Å².